The number of allylic oxidation sites excluding steroid dienone is 6. The SMILES string of the molecule is CCCCCC/C=C\C/C=C\CCCCCCCCCC(=O)OCCCCCCCCCCCCCCCCCC/C=C\CCCCCCCCCCCCCCCCCCCC(=O)NC(CO)C(O)CCCCCCCCCCCCCCCCCCCCCCCC. The molecule has 0 aliphatic heterocycles. The van der Waals surface area contributed by atoms with Gasteiger partial charge in [-0.05, 0) is 83.5 Å². The fourth-order valence-corrected chi connectivity index (χ4v) is 13.8. The molecular weight excluding hydrogens is 1150 g/mol. The second-order valence-electron chi connectivity index (χ2n) is 29.9. The molecule has 0 aromatic carbocycles. The van der Waals surface area contributed by atoms with Gasteiger partial charge in [-0.15, -0.1) is 0 Å². The first-order valence-corrected chi connectivity index (χ1v) is 43.2. The molecule has 0 saturated carbocycles. The van der Waals surface area contributed by atoms with Crippen molar-refractivity contribution in [1.82, 2.24) is 5.32 Å². The third-order valence-electron chi connectivity index (χ3n) is 20.4. The molecule has 0 heterocycles. The zero-order valence-corrected chi connectivity index (χ0v) is 64.0. The van der Waals surface area contributed by atoms with E-state index in [1.807, 2.05) is 0 Å². The maximum absolute atomic E-state index is 12.6. The topological polar surface area (TPSA) is 95.9 Å². The van der Waals surface area contributed by atoms with E-state index < -0.39 is 12.1 Å². The molecule has 0 aromatic heterocycles. The number of esters is 1. The second kappa shape index (κ2) is 83.5. The van der Waals surface area contributed by atoms with E-state index in [1.165, 1.54) is 405 Å². The Labute approximate surface area is 589 Å². The average molecular weight is 1320 g/mol. The number of rotatable bonds is 82. The first-order valence-electron chi connectivity index (χ1n) is 43.2. The highest BCUT2D eigenvalue weighted by Crippen LogP contribution is 2.21. The number of unbranched alkanes of at least 4 members (excludes halogenated alkanes) is 65. The molecule has 3 N–H and O–H groups in total. The summed E-state index contributed by atoms with van der Waals surface area (Å²) in [5.74, 6) is -0.0103. The van der Waals surface area contributed by atoms with E-state index in [0.717, 1.165) is 51.4 Å². The van der Waals surface area contributed by atoms with Crippen molar-refractivity contribution in [2.24, 2.45) is 0 Å². The van der Waals surface area contributed by atoms with Crippen LogP contribution < -0.4 is 5.32 Å². The molecule has 0 aromatic rings. The van der Waals surface area contributed by atoms with Gasteiger partial charge in [0.2, 0.25) is 5.91 Å². The summed E-state index contributed by atoms with van der Waals surface area (Å²) >= 11 is 0. The van der Waals surface area contributed by atoms with E-state index in [-0.39, 0.29) is 18.5 Å². The maximum Gasteiger partial charge on any atom is 0.305 e. The van der Waals surface area contributed by atoms with Gasteiger partial charge >= 0.3 is 5.97 Å². The van der Waals surface area contributed by atoms with Crippen LogP contribution in [0.4, 0.5) is 0 Å². The lowest BCUT2D eigenvalue weighted by atomic mass is 10.0. The number of aliphatic hydroxyl groups is 2. The molecule has 556 valence electrons. The number of hydrogen-bond acceptors (Lipinski definition) is 5. The van der Waals surface area contributed by atoms with Crippen LogP contribution in [0.2, 0.25) is 0 Å². The fourth-order valence-electron chi connectivity index (χ4n) is 13.8. The summed E-state index contributed by atoms with van der Waals surface area (Å²) in [6, 6.07) is -0.540. The standard InChI is InChI=1S/C88H169NO5/c1-3-5-7-9-11-13-15-17-19-21-23-24-42-45-48-52-56-60-64-68-72-76-80-86(91)85(84-90)89-87(92)81-77-73-69-65-61-57-53-49-46-43-40-38-36-34-32-30-28-26-25-27-29-31-33-35-37-39-41-44-47-51-55-59-63-67-71-75-79-83-94-88(93)82-78-74-70-66-62-58-54-50-22-20-18-16-14-12-10-8-6-4-2/h14,16,20,22,25,27,85-86,90-91H,3-13,15,17-19,21,23-24,26,28-84H2,1-2H3,(H,89,92)/b16-14-,22-20-,27-25-. The van der Waals surface area contributed by atoms with Crippen LogP contribution in [-0.4, -0.2) is 47.4 Å². The summed E-state index contributed by atoms with van der Waals surface area (Å²) in [4.78, 5) is 24.7. The fraction of sp³-hybridized carbons (Fsp3) is 0.909. The lowest BCUT2D eigenvalue weighted by molar-refractivity contribution is -0.143. The van der Waals surface area contributed by atoms with Crippen molar-refractivity contribution in [2.75, 3.05) is 13.2 Å². The Morgan fingerprint density at radius 1 is 0.298 bits per heavy atom. The van der Waals surface area contributed by atoms with Gasteiger partial charge in [-0.2, -0.15) is 0 Å². The summed E-state index contributed by atoms with van der Waals surface area (Å²) in [7, 11) is 0. The molecule has 0 aliphatic carbocycles. The highest BCUT2D eigenvalue weighted by molar-refractivity contribution is 5.76. The Bertz CT molecular complexity index is 1520. The van der Waals surface area contributed by atoms with Gasteiger partial charge in [0.05, 0.1) is 25.4 Å². The van der Waals surface area contributed by atoms with Gasteiger partial charge in [-0.3, -0.25) is 9.59 Å². The predicted octanol–water partition coefficient (Wildman–Crippen LogP) is 28.9. The smallest absolute Gasteiger partial charge is 0.305 e. The molecular formula is C88H169NO5. The van der Waals surface area contributed by atoms with Crippen LogP contribution in [0.15, 0.2) is 36.5 Å². The minimum Gasteiger partial charge on any atom is -0.466 e. The number of carbonyl (C=O) groups excluding carboxylic acids is 2. The van der Waals surface area contributed by atoms with Crippen LogP contribution in [0.25, 0.3) is 0 Å². The van der Waals surface area contributed by atoms with E-state index in [2.05, 4.69) is 55.6 Å². The zero-order chi connectivity index (χ0) is 67.7. The van der Waals surface area contributed by atoms with Gasteiger partial charge in [0.15, 0.2) is 0 Å². The van der Waals surface area contributed by atoms with Crippen molar-refractivity contribution in [2.45, 2.75) is 501 Å². The van der Waals surface area contributed by atoms with Gasteiger partial charge < -0.3 is 20.3 Å². The lowest BCUT2D eigenvalue weighted by Crippen LogP contribution is -2.45. The molecule has 0 fully saturated rings. The van der Waals surface area contributed by atoms with Gasteiger partial charge in [0.1, 0.15) is 0 Å². The minimum absolute atomic E-state index is 0.0150. The molecule has 0 saturated heterocycles. The highest BCUT2D eigenvalue weighted by Gasteiger charge is 2.20. The summed E-state index contributed by atoms with van der Waals surface area (Å²) in [6.07, 6.45) is 110. The van der Waals surface area contributed by atoms with Crippen molar-refractivity contribution in [1.29, 1.82) is 0 Å². The predicted molar refractivity (Wildman–Crippen MR) is 416 cm³/mol. The number of nitrogens with one attached hydrogen (secondary N) is 1. The third kappa shape index (κ3) is 79.1. The van der Waals surface area contributed by atoms with Crippen LogP contribution in [-0.2, 0) is 14.3 Å². The number of aliphatic hydroxyl groups excluding tert-OH is 2. The number of amides is 1. The van der Waals surface area contributed by atoms with Crippen molar-refractivity contribution in [3.8, 4) is 0 Å². The summed E-state index contributed by atoms with van der Waals surface area (Å²) in [6.45, 7) is 4.99. The van der Waals surface area contributed by atoms with Crippen LogP contribution in [0.3, 0.4) is 0 Å². The molecule has 2 unspecified atom stereocenters. The van der Waals surface area contributed by atoms with E-state index in [1.54, 1.807) is 0 Å². The van der Waals surface area contributed by atoms with Crippen LogP contribution in [0.5, 0.6) is 0 Å². The minimum atomic E-state index is -0.663. The van der Waals surface area contributed by atoms with Gasteiger partial charge in [-0.1, -0.05) is 429 Å². The molecule has 6 heteroatoms. The number of hydrogen-bond donors (Lipinski definition) is 3. The van der Waals surface area contributed by atoms with E-state index in [4.69, 9.17) is 4.74 Å². The van der Waals surface area contributed by atoms with Crippen molar-refractivity contribution in [3.63, 3.8) is 0 Å². The molecule has 2 atom stereocenters. The summed E-state index contributed by atoms with van der Waals surface area (Å²) in [5.41, 5.74) is 0. The molecule has 1 amide bonds. The molecule has 94 heavy (non-hydrogen) atoms. The van der Waals surface area contributed by atoms with Crippen LogP contribution in [0, 0.1) is 0 Å². The van der Waals surface area contributed by atoms with E-state index in [0.29, 0.717) is 25.9 Å². The Kier molecular flexibility index (Phi) is 81.8. The summed E-state index contributed by atoms with van der Waals surface area (Å²) < 4.78 is 5.51. The van der Waals surface area contributed by atoms with E-state index in [9.17, 15) is 19.8 Å². The molecule has 0 aliphatic rings. The number of carbonyl (C=O) groups is 2. The van der Waals surface area contributed by atoms with Gasteiger partial charge in [0.25, 0.3) is 0 Å². The molecule has 0 bridgehead atoms. The highest BCUT2D eigenvalue weighted by atomic mass is 16.5. The first-order chi connectivity index (χ1) is 46.5. The molecule has 0 rings (SSSR count). The largest absolute Gasteiger partial charge is 0.466 e. The van der Waals surface area contributed by atoms with E-state index >= 15 is 0 Å². The Hall–Kier alpha value is -1.92. The second-order valence-corrected chi connectivity index (χ2v) is 29.9. The normalized spacial score (nSPS) is 12.6. The number of ether oxygens (including phenoxy) is 1. The summed E-state index contributed by atoms with van der Waals surface area (Å²) in [5, 5.41) is 23.5. The van der Waals surface area contributed by atoms with Crippen LogP contribution in [0.1, 0.15) is 489 Å². The Morgan fingerprint density at radius 3 is 0.830 bits per heavy atom. The zero-order valence-electron chi connectivity index (χ0n) is 64.0. The quantitative estimate of drug-likeness (QED) is 0.0320. The van der Waals surface area contributed by atoms with Crippen molar-refractivity contribution >= 4 is 11.9 Å². The maximum atomic E-state index is 12.6. The average Bonchev–Trinajstić information content (AvgIpc) is 3.65. The lowest BCUT2D eigenvalue weighted by Gasteiger charge is -2.22. The first kappa shape index (κ1) is 92.1. The third-order valence-corrected chi connectivity index (χ3v) is 20.4. The molecule has 0 spiro atoms. The monoisotopic (exact) mass is 1320 g/mol. The van der Waals surface area contributed by atoms with Crippen molar-refractivity contribution < 1.29 is 24.5 Å². The van der Waals surface area contributed by atoms with Gasteiger partial charge in [-0.25, -0.2) is 0 Å². The van der Waals surface area contributed by atoms with Crippen LogP contribution >= 0.6 is 0 Å². The Morgan fingerprint density at radius 2 is 0.532 bits per heavy atom. The van der Waals surface area contributed by atoms with Gasteiger partial charge in [0, 0.05) is 12.8 Å². The molecule has 6 nitrogen and oxygen atoms in total. The van der Waals surface area contributed by atoms with Crippen molar-refractivity contribution in [3.05, 3.63) is 36.5 Å². The molecule has 0 radical (unpaired) electrons. The Balaban J connectivity index is 3.33.